The first-order valence-corrected chi connectivity index (χ1v) is 8.37. The van der Waals surface area contributed by atoms with Gasteiger partial charge in [-0.25, -0.2) is 4.68 Å². The average Bonchev–Trinajstić information content (AvgIpc) is 3.11. The van der Waals surface area contributed by atoms with Crippen molar-refractivity contribution in [2.24, 2.45) is 5.73 Å². The fourth-order valence-electron chi connectivity index (χ4n) is 3.20. The molecule has 8 nitrogen and oxygen atoms in total. The highest BCUT2D eigenvalue weighted by Crippen LogP contribution is 2.35. The van der Waals surface area contributed by atoms with Crippen LogP contribution in [0.2, 0.25) is 0 Å². The van der Waals surface area contributed by atoms with E-state index in [-0.39, 0.29) is 0 Å². The molecular weight excluding hydrogens is 344 g/mol. The predicted molar refractivity (Wildman–Crippen MR) is 99.9 cm³/mol. The number of allylic oxidation sites excluding steroid dienone is 1. The van der Waals surface area contributed by atoms with Crippen LogP contribution in [0.25, 0.3) is 11.4 Å². The molecule has 0 saturated carbocycles. The number of benzene rings is 1. The van der Waals surface area contributed by atoms with Crippen LogP contribution in [0.1, 0.15) is 18.5 Å². The first-order valence-electron chi connectivity index (χ1n) is 8.37. The van der Waals surface area contributed by atoms with Crippen LogP contribution in [0.5, 0.6) is 5.75 Å². The minimum absolute atomic E-state index is 0.428. The molecule has 8 heteroatoms. The zero-order chi connectivity index (χ0) is 19.0. The van der Waals surface area contributed by atoms with E-state index in [4.69, 9.17) is 10.5 Å². The molecule has 1 atom stereocenters. The number of rotatable bonds is 4. The number of amides is 1. The second-order valence-corrected chi connectivity index (χ2v) is 6.15. The zero-order valence-electron chi connectivity index (χ0n) is 14.9. The van der Waals surface area contributed by atoms with Gasteiger partial charge in [0.2, 0.25) is 11.9 Å². The van der Waals surface area contributed by atoms with Crippen LogP contribution >= 0.6 is 0 Å². The van der Waals surface area contributed by atoms with Gasteiger partial charge in [0.1, 0.15) is 11.8 Å². The fourth-order valence-corrected chi connectivity index (χ4v) is 3.20. The molecule has 3 heterocycles. The lowest BCUT2D eigenvalue weighted by atomic mass is 9.97. The Labute approximate surface area is 155 Å². The molecule has 136 valence electrons. The van der Waals surface area contributed by atoms with Crippen LogP contribution in [0.15, 0.2) is 60.1 Å². The number of nitrogens with zero attached hydrogens (tertiary/aromatic N) is 4. The molecular formula is C19H18N6O2. The molecule has 2 aromatic heterocycles. The quantitative estimate of drug-likeness (QED) is 0.736. The van der Waals surface area contributed by atoms with Crippen molar-refractivity contribution in [3.05, 3.63) is 65.6 Å². The van der Waals surface area contributed by atoms with Crippen molar-refractivity contribution >= 4 is 11.9 Å². The van der Waals surface area contributed by atoms with Crippen molar-refractivity contribution in [3.8, 4) is 17.1 Å². The number of aromatic nitrogens is 4. The van der Waals surface area contributed by atoms with Crippen LogP contribution in [0, 0.1) is 0 Å². The molecule has 1 aromatic carbocycles. The largest absolute Gasteiger partial charge is 0.497 e. The maximum Gasteiger partial charge on any atom is 0.248 e. The molecule has 0 spiro atoms. The second-order valence-electron chi connectivity index (χ2n) is 6.15. The van der Waals surface area contributed by atoms with Crippen molar-refractivity contribution in [2.75, 3.05) is 12.4 Å². The number of primary amides is 1. The molecule has 0 radical (unpaired) electrons. The SMILES string of the molecule is COc1cccc(-c2nc3n(n2)C(c2cccnc2)C(C(N)=O)=C(C)N3)c1. The number of methoxy groups -OCH3 is 1. The molecule has 1 aliphatic heterocycles. The summed E-state index contributed by atoms with van der Waals surface area (Å²) in [7, 11) is 1.61. The molecule has 0 saturated heterocycles. The highest BCUT2D eigenvalue weighted by molar-refractivity contribution is 5.95. The lowest BCUT2D eigenvalue weighted by molar-refractivity contribution is -0.115. The minimum atomic E-state index is -0.516. The van der Waals surface area contributed by atoms with Gasteiger partial charge in [0.15, 0.2) is 5.82 Å². The standard InChI is InChI=1S/C19H18N6O2/c1-11-15(17(20)26)16(13-6-4-8-21-10-13)25-19(22-11)23-18(24-25)12-5-3-7-14(9-12)27-2/h3-10,16H,1-2H3,(H2,20,26)(H,22,23,24). The Bertz CT molecular complexity index is 1040. The van der Waals surface area contributed by atoms with Crippen molar-refractivity contribution in [2.45, 2.75) is 13.0 Å². The minimum Gasteiger partial charge on any atom is -0.497 e. The van der Waals surface area contributed by atoms with Crippen LogP contribution in [0.3, 0.4) is 0 Å². The molecule has 0 aliphatic carbocycles. The summed E-state index contributed by atoms with van der Waals surface area (Å²) in [6.45, 7) is 1.80. The molecule has 1 amide bonds. The van der Waals surface area contributed by atoms with E-state index in [1.54, 1.807) is 31.1 Å². The number of nitrogens with two attached hydrogens (primary N) is 1. The number of anilines is 1. The van der Waals surface area contributed by atoms with Gasteiger partial charge in [0.25, 0.3) is 0 Å². The van der Waals surface area contributed by atoms with Crippen molar-refractivity contribution < 1.29 is 9.53 Å². The molecule has 0 bridgehead atoms. The van der Waals surface area contributed by atoms with Crippen LogP contribution in [-0.4, -0.2) is 32.8 Å². The molecule has 27 heavy (non-hydrogen) atoms. The molecule has 4 rings (SSSR count). The normalized spacial score (nSPS) is 15.9. The number of hydrogen-bond acceptors (Lipinski definition) is 6. The summed E-state index contributed by atoms with van der Waals surface area (Å²) in [5.74, 6) is 1.25. The van der Waals surface area contributed by atoms with Gasteiger partial charge in [-0.15, -0.1) is 5.10 Å². The Morgan fingerprint density at radius 3 is 2.85 bits per heavy atom. The van der Waals surface area contributed by atoms with Gasteiger partial charge in [-0.2, -0.15) is 4.98 Å². The highest BCUT2D eigenvalue weighted by atomic mass is 16.5. The van der Waals surface area contributed by atoms with E-state index in [2.05, 4.69) is 20.4 Å². The third-order valence-corrected chi connectivity index (χ3v) is 4.45. The summed E-state index contributed by atoms with van der Waals surface area (Å²) < 4.78 is 6.94. The predicted octanol–water partition coefficient (Wildman–Crippen LogP) is 2.12. The molecule has 3 N–H and O–H groups in total. The van der Waals surface area contributed by atoms with Gasteiger partial charge >= 0.3 is 0 Å². The summed E-state index contributed by atoms with van der Waals surface area (Å²) in [5, 5.41) is 7.77. The van der Waals surface area contributed by atoms with Crippen molar-refractivity contribution in [1.82, 2.24) is 19.7 Å². The van der Waals surface area contributed by atoms with Crippen LogP contribution < -0.4 is 15.8 Å². The zero-order valence-corrected chi connectivity index (χ0v) is 14.9. The maximum absolute atomic E-state index is 12.1. The van der Waals surface area contributed by atoms with Gasteiger partial charge in [0.05, 0.1) is 12.7 Å². The summed E-state index contributed by atoms with van der Waals surface area (Å²) in [5.41, 5.74) is 8.35. The second kappa shape index (κ2) is 6.56. The molecule has 0 fully saturated rings. The maximum atomic E-state index is 12.1. The molecule has 3 aromatic rings. The van der Waals surface area contributed by atoms with E-state index in [1.807, 2.05) is 36.4 Å². The lowest BCUT2D eigenvalue weighted by Crippen LogP contribution is -2.31. The Morgan fingerprint density at radius 1 is 1.30 bits per heavy atom. The number of pyridine rings is 1. The third kappa shape index (κ3) is 2.91. The number of nitrogens with one attached hydrogen (secondary N) is 1. The lowest BCUT2D eigenvalue weighted by Gasteiger charge is -2.27. The van der Waals surface area contributed by atoms with E-state index >= 15 is 0 Å². The van der Waals surface area contributed by atoms with E-state index in [1.165, 1.54) is 0 Å². The number of carbonyl (C=O) groups excluding carboxylic acids is 1. The Balaban J connectivity index is 1.86. The monoisotopic (exact) mass is 362 g/mol. The van der Waals surface area contributed by atoms with Gasteiger partial charge in [-0.1, -0.05) is 18.2 Å². The van der Waals surface area contributed by atoms with Crippen LogP contribution in [0.4, 0.5) is 5.95 Å². The van der Waals surface area contributed by atoms with E-state index in [0.29, 0.717) is 28.8 Å². The fraction of sp³-hybridized carbons (Fsp3) is 0.158. The van der Waals surface area contributed by atoms with E-state index < -0.39 is 11.9 Å². The van der Waals surface area contributed by atoms with E-state index in [9.17, 15) is 4.79 Å². The summed E-state index contributed by atoms with van der Waals surface area (Å²) >= 11 is 0. The van der Waals surface area contributed by atoms with Gasteiger partial charge < -0.3 is 15.8 Å². The third-order valence-electron chi connectivity index (χ3n) is 4.45. The Hall–Kier alpha value is -3.68. The van der Waals surface area contributed by atoms with Crippen LogP contribution in [-0.2, 0) is 4.79 Å². The first kappa shape index (κ1) is 16.8. The summed E-state index contributed by atoms with van der Waals surface area (Å²) in [6.07, 6.45) is 3.37. The molecule has 1 aliphatic rings. The summed E-state index contributed by atoms with van der Waals surface area (Å²) in [4.78, 5) is 20.9. The first-order chi connectivity index (χ1) is 13.1. The topological polar surface area (TPSA) is 108 Å². The number of ether oxygens (including phenoxy) is 1. The smallest absolute Gasteiger partial charge is 0.248 e. The number of fused-ring (bicyclic) bond motifs is 1. The number of hydrogen-bond donors (Lipinski definition) is 2. The Morgan fingerprint density at radius 2 is 2.15 bits per heavy atom. The Kier molecular flexibility index (Phi) is 4.08. The van der Waals surface area contributed by atoms with Gasteiger partial charge in [-0.3, -0.25) is 9.78 Å². The van der Waals surface area contributed by atoms with Crippen molar-refractivity contribution in [3.63, 3.8) is 0 Å². The van der Waals surface area contributed by atoms with Gasteiger partial charge in [-0.05, 0) is 30.7 Å². The van der Waals surface area contributed by atoms with Crippen molar-refractivity contribution in [1.29, 1.82) is 0 Å². The average molecular weight is 362 g/mol. The highest BCUT2D eigenvalue weighted by Gasteiger charge is 2.33. The number of carbonyl (C=O) groups is 1. The summed E-state index contributed by atoms with van der Waals surface area (Å²) in [6, 6.07) is 10.7. The molecule has 1 unspecified atom stereocenters. The van der Waals surface area contributed by atoms with Gasteiger partial charge in [0, 0.05) is 23.7 Å². The van der Waals surface area contributed by atoms with E-state index in [0.717, 1.165) is 11.1 Å².